The Balaban J connectivity index is 2.08. The van der Waals surface area contributed by atoms with Crippen LogP contribution in [0.3, 0.4) is 0 Å². The maximum absolute atomic E-state index is 11.7. The van der Waals surface area contributed by atoms with E-state index in [9.17, 15) is 9.90 Å². The summed E-state index contributed by atoms with van der Waals surface area (Å²) in [7, 11) is 0. The maximum Gasteiger partial charge on any atom is 0.295 e. The number of carbonyl (C=O) groups is 1. The Labute approximate surface area is 120 Å². The summed E-state index contributed by atoms with van der Waals surface area (Å²) < 4.78 is 4.43. The number of nitrogens with one attached hydrogen (secondary N) is 1. The highest BCUT2D eigenvalue weighted by Gasteiger charge is 2.13. The molecule has 2 aromatic rings. The Morgan fingerprint density at radius 2 is 2.33 bits per heavy atom. The Bertz CT molecular complexity index is 691. The highest BCUT2D eigenvalue weighted by Crippen LogP contribution is 2.21. The van der Waals surface area contributed by atoms with Crippen LogP contribution in [0.4, 0.5) is 0 Å². The van der Waals surface area contributed by atoms with Gasteiger partial charge in [0.2, 0.25) is 0 Å². The van der Waals surface area contributed by atoms with E-state index in [4.69, 9.17) is 0 Å². The first-order valence-corrected chi connectivity index (χ1v) is 6.17. The second kappa shape index (κ2) is 6.47. The number of hydrogen-bond donors (Lipinski definition) is 2. The number of phenolic OH excluding ortho intramolecular Hbond substituents is 1. The first-order valence-electron chi connectivity index (χ1n) is 6.17. The molecule has 0 atom stereocenters. The van der Waals surface area contributed by atoms with Crippen LogP contribution in [0.15, 0.2) is 40.6 Å². The fraction of sp³-hybridized carbons (Fsp3) is 0.143. The number of aryl methyl sites for hydroxylation is 1. The zero-order valence-electron chi connectivity index (χ0n) is 11.4. The number of phenols is 1. The van der Waals surface area contributed by atoms with Gasteiger partial charge < -0.3 is 5.11 Å². The molecule has 1 aromatic carbocycles. The first-order chi connectivity index (χ1) is 10.1. The lowest BCUT2D eigenvalue weighted by molar-refractivity contribution is 0.0945. The predicted molar refractivity (Wildman–Crippen MR) is 76.1 cm³/mol. The van der Waals surface area contributed by atoms with E-state index in [2.05, 4.69) is 32.0 Å². The molecule has 0 fully saturated rings. The second-order valence-electron chi connectivity index (χ2n) is 4.25. The standard InChI is InChI=1S/C14H14N4O3/c1-3-5-10-6-4-7-11(13(10)19)8-15-16-14(20)12-9(2)17-21-18-12/h3-4,6-8,19H,1,5H2,2H3,(H,16,20). The minimum atomic E-state index is -0.535. The molecule has 2 N–H and O–H groups in total. The van der Waals surface area contributed by atoms with Gasteiger partial charge in [-0.05, 0) is 30.1 Å². The molecule has 1 heterocycles. The van der Waals surface area contributed by atoms with Gasteiger partial charge in [0.15, 0.2) is 5.69 Å². The molecular weight excluding hydrogens is 272 g/mol. The number of hydrazone groups is 1. The lowest BCUT2D eigenvalue weighted by Crippen LogP contribution is -2.19. The van der Waals surface area contributed by atoms with Crippen LogP contribution in [0.1, 0.15) is 27.3 Å². The molecular formula is C14H14N4O3. The Kier molecular flexibility index (Phi) is 4.45. The number of aromatic nitrogens is 2. The summed E-state index contributed by atoms with van der Waals surface area (Å²) in [5, 5.41) is 20.8. The Morgan fingerprint density at radius 3 is 3.00 bits per heavy atom. The molecule has 0 spiro atoms. The minimum absolute atomic E-state index is 0.0665. The van der Waals surface area contributed by atoms with Gasteiger partial charge in [0.25, 0.3) is 5.91 Å². The minimum Gasteiger partial charge on any atom is -0.507 e. The smallest absolute Gasteiger partial charge is 0.295 e. The van der Waals surface area contributed by atoms with Gasteiger partial charge in [-0.2, -0.15) is 5.10 Å². The van der Waals surface area contributed by atoms with Crippen LogP contribution in [0.25, 0.3) is 0 Å². The summed E-state index contributed by atoms with van der Waals surface area (Å²) in [4.78, 5) is 11.7. The van der Waals surface area contributed by atoms with Gasteiger partial charge in [0.05, 0.1) is 6.21 Å². The van der Waals surface area contributed by atoms with Crippen LogP contribution in [0.2, 0.25) is 0 Å². The number of rotatable bonds is 5. The molecule has 108 valence electrons. The number of amides is 1. The average molecular weight is 286 g/mol. The van der Waals surface area contributed by atoms with Gasteiger partial charge in [-0.25, -0.2) is 10.1 Å². The number of aromatic hydroxyl groups is 1. The number of allylic oxidation sites excluding steroid dienone is 1. The van der Waals surface area contributed by atoms with E-state index < -0.39 is 5.91 Å². The zero-order valence-corrected chi connectivity index (χ0v) is 11.4. The van der Waals surface area contributed by atoms with E-state index >= 15 is 0 Å². The molecule has 0 radical (unpaired) electrons. The molecule has 7 nitrogen and oxygen atoms in total. The number of hydrogen-bond acceptors (Lipinski definition) is 6. The van der Waals surface area contributed by atoms with Crippen molar-refractivity contribution in [2.24, 2.45) is 5.10 Å². The van der Waals surface area contributed by atoms with Crippen LogP contribution < -0.4 is 5.43 Å². The fourth-order valence-electron chi connectivity index (χ4n) is 1.69. The summed E-state index contributed by atoms with van der Waals surface area (Å²) in [6, 6.07) is 5.26. The molecule has 7 heteroatoms. The summed E-state index contributed by atoms with van der Waals surface area (Å²) in [5.74, 6) is -0.429. The van der Waals surface area contributed by atoms with Crippen molar-refractivity contribution in [3.63, 3.8) is 0 Å². The average Bonchev–Trinajstić information content (AvgIpc) is 2.89. The van der Waals surface area contributed by atoms with E-state index in [0.29, 0.717) is 17.7 Å². The lowest BCUT2D eigenvalue weighted by atomic mass is 10.1. The van der Waals surface area contributed by atoms with Crippen LogP contribution in [0.5, 0.6) is 5.75 Å². The Hall–Kier alpha value is -2.96. The fourth-order valence-corrected chi connectivity index (χ4v) is 1.69. The van der Waals surface area contributed by atoms with E-state index in [-0.39, 0.29) is 11.4 Å². The predicted octanol–water partition coefficient (Wildman–Crippen LogP) is 1.58. The van der Waals surface area contributed by atoms with E-state index in [1.807, 2.05) is 0 Å². The Morgan fingerprint density at radius 1 is 1.52 bits per heavy atom. The molecule has 0 saturated carbocycles. The molecule has 0 bridgehead atoms. The topological polar surface area (TPSA) is 101 Å². The quantitative estimate of drug-likeness (QED) is 0.493. The number of carbonyl (C=O) groups excluding carboxylic acids is 1. The van der Waals surface area contributed by atoms with Gasteiger partial charge in [-0.3, -0.25) is 4.79 Å². The van der Waals surface area contributed by atoms with Crippen LogP contribution in [0, 0.1) is 6.92 Å². The van der Waals surface area contributed by atoms with Gasteiger partial charge in [-0.1, -0.05) is 23.4 Å². The highest BCUT2D eigenvalue weighted by molar-refractivity contribution is 5.94. The monoisotopic (exact) mass is 286 g/mol. The van der Waals surface area contributed by atoms with E-state index in [1.165, 1.54) is 6.21 Å². The third-order valence-corrected chi connectivity index (χ3v) is 2.75. The molecule has 2 rings (SSSR count). The summed E-state index contributed by atoms with van der Waals surface area (Å²) in [6.45, 7) is 5.22. The van der Waals surface area contributed by atoms with Crippen LogP contribution in [-0.2, 0) is 6.42 Å². The normalized spacial score (nSPS) is 10.7. The molecule has 0 saturated heterocycles. The number of para-hydroxylation sites is 1. The van der Waals surface area contributed by atoms with Gasteiger partial charge in [0.1, 0.15) is 11.4 Å². The van der Waals surface area contributed by atoms with Crippen molar-refractivity contribution in [2.75, 3.05) is 0 Å². The number of benzene rings is 1. The van der Waals surface area contributed by atoms with Crippen molar-refractivity contribution in [3.05, 3.63) is 53.4 Å². The van der Waals surface area contributed by atoms with Crippen molar-refractivity contribution in [1.82, 2.24) is 15.7 Å². The molecule has 21 heavy (non-hydrogen) atoms. The van der Waals surface area contributed by atoms with Crippen molar-refractivity contribution in [2.45, 2.75) is 13.3 Å². The third-order valence-electron chi connectivity index (χ3n) is 2.75. The van der Waals surface area contributed by atoms with Gasteiger partial charge in [0, 0.05) is 5.56 Å². The van der Waals surface area contributed by atoms with Crippen molar-refractivity contribution in [1.29, 1.82) is 0 Å². The summed E-state index contributed by atoms with van der Waals surface area (Å²) in [6.07, 6.45) is 3.59. The maximum atomic E-state index is 11.7. The first kappa shape index (κ1) is 14.4. The van der Waals surface area contributed by atoms with Crippen molar-refractivity contribution in [3.8, 4) is 5.75 Å². The van der Waals surface area contributed by atoms with Gasteiger partial charge >= 0.3 is 0 Å². The molecule has 0 aliphatic carbocycles. The number of nitrogens with zero attached hydrogens (tertiary/aromatic N) is 3. The van der Waals surface area contributed by atoms with Crippen LogP contribution >= 0.6 is 0 Å². The lowest BCUT2D eigenvalue weighted by Gasteiger charge is -2.04. The molecule has 1 aromatic heterocycles. The van der Waals surface area contributed by atoms with Crippen molar-refractivity contribution < 1.29 is 14.5 Å². The van der Waals surface area contributed by atoms with Crippen molar-refractivity contribution >= 4 is 12.1 Å². The molecule has 0 aliphatic rings. The third kappa shape index (κ3) is 3.33. The molecule has 0 unspecified atom stereocenters. The van der Waals surface area contributed by atoms with E-state index in [0.717, 1.165) is 5.56 Å². The summed E-state index contributed by atoms with van der Waals surface area (Å²) in [5.41, 5.74) is 3.95. The SMILES string of the molecule is C=CCc1cccc(C=NNC(=O)c2nonc2C)c1O. The largest absolute Gasteiger partial charge is 0.507 e. The molecule has 1 amide bonds. The second-order valence-corrected chi connectivity index (χ2v) is 4.25. The molecule has 0 aliphatic heterocycles. The van der Waals surface area contributed by atoms with Gasteiger partial charge in [-0.15, -0.1) is 6.58 Å². The van der Waals surface area contributed by atoms with Crippen LogP contribution in [-0.4, -0.2) is 27.5 Å². The van der Waals surface area contributed by atoms with E-state index in [1.54, 1.807) is 31.2 Å². The summed E-state index contributed by atoms with van der Waals surface area (Å²) >= 11 is 0. The highest BCUT2D eigenvalue weighted by atomic mass is 16.6. The zero-order chi connectivity index (χ0) is 15.2.